The van der Waals surface area contributed by atoms with Gasteiger partial charge in [-0.25, -0.2) is 0 Å². The molecule has 2 rings (SSSR count). The molecule has 0 unspecified atom stereocenters. The summed E-state index contributed by atoms with van der Waals surface area (Å²) in [5.74, 6) is -0.797. The highest BCUT2D eigenvalue weighted by molar-refractivity contribution is 9.10. The minimum Gasteiger partial charge on any atom is -0.372 e. The van der Waals surface area contributed by atoms with Crippen molar-refractivity contribution in [1.29, 1.82) is 0 Å². The maximum atomic E-state index is 14.2. The van der Waals surface area contributed by atoms with Gasteiger partial charge in [-0.1, -0.05) is 15.9 Å². The van der Waals surface area contributed by atoms with Crippen LogP contribution in [-0.4, -0.2) is 30.2 Å². The lowest BCUT2D eigenvalue weighted by molar-refractivity contribution is -0.387. The molecule has 0 aliphatic carbocycles. The van der Waals surface area contributed by atoms with Crippen molar-refractivity contribution in [2.75, 3.05) is 18.0 Å². The molecule has 1 aliphatic rings. The van der Waals surface area contributed by atoms with E-state index in [9.17, 15) is 14.5 Å². The van der Waals surface area contributed by atoms with E-state index in [0.717, 1.165) is 0 Å². The normalized spacial score (nSPS) is 23.5. The summed E-state index contributed by atoms with van der Waals surface area (Å²) in [6, 6.07) is 2.74. The molecule has 0 amide bonds. The van der Waals surface area contributed by atoms with Gasteiger partial charge in [0.15, 0.2) is 0 Å². The maximum Gasteiger partial charge on any atom is 0.308 e. The van der Waals surface area contributed by atoms with Crippen molar-refractivity contribution in [3.63, 3.8) is 0 Å². The van der Waals surface area contributed by atoms with Gasteiger partial charge in [0.1, 0.15) is 0 Å². The number of hydrogen-bond donors (Lipinski definition) is 0. The Kier molecular flexibility index (Phi) is 4.05. The van der Waals surface area contributed by atoms with E-state index in [1.165, 1.54) is 6.07 Å². The van der Waals surface area contributed by atoms with Crippen LogP contribution in [0.1, 0.15) is 13.8 Å². The third-order valence-electron chi connectivity index (χ3n) is 2.96. The van der Waals surface area contributed by atoms with Crippen LogP contribution < -0.4 is 4.90 Å². The number of hydrogen-bond acceptors (Lipinski definition) is 4. The van der Waals surface area contributed by atoms with Gasteiger partial charge in [-0.3, -0.25) is 10.1 Å². The molecule has 1 aliphatic heterocycles. The van der Waals surface area contributed by atoms with Gasteiger partial charge in [0.2, 0.25) is 5.82 Å². The van der Waals surface area contributed by atoms with E-state index in [2.05, 4.69) is 15.9 Å². The second-order valence-corrected chi connectivity index (χ2v) is 5.59. The van der Waals surface area contributed by atoms with Crippen LogP contribution in [0.2, 0.25) is 0 Å². The highest BCUT2D eigenvalue weighted by atomic mass is 79.9. The Bertz CT molecular complexity index is 502. The Morgan fingerprint density at radius 2 is 2.00 bits per heavy atom. The monoisotopic (exact) mass is 332 g/mol. The van der Waals surface area contributed by atoms with Gasteiger partial charge < -0.3 is 9.64 Å². The molecule has 0 radical (unpaired) electrons. The molecule has 1 aromatic rings. The summed E-state index contributed by atoms with van der Waals surface area (Å²) in [5, 5.41) is 10.8. The quantitative estimate of drug-likeness (QED) is 0.616. The first kappa shape index (κ1) is 14.2. The highest BCUT2D eigenvalue weighted by Gasteiger charge is 2.28. The van der Waals surface area contributed by atoms with Crippen LogP contribution in [0.4, 0.5) is 15.8 Å². The van der Waals surface area contributed by atoms with Gasteiger partial charge in [0, 0.05) is 23.6 Å². The third-order valence-corrected chi connectivity index (χ3v) is 3.41. The Morgan fingerprint density at radius 1 is 1.42 bits per heavy atom. The molecule has 0 bridgehead atoms. The van der Waals surface area contributed by atoms with Crippen molar-refractivity contribution in [3.05, 3.63) is 32.5 Å². The molecule has 2 atom stereocenters. The van der Waals surface area contributed by atoms with Crippen LogP contribution in [-0.2, 0) is 4.74 Å². The number of benzene rings is 1. The van der Waals surface area contributed by atoms with Gasteiger partial charge in [0.05, 0.1) is 22.8 Å². The molecule has 19 heavy (non-hydrogen) atoms. The number of nitro benzene ring substituents is 1. The average Bonchev–Trinajstić information content (AvgIpc) is 2.30. The van der Waals surface area contributed by atoms with E-state index in [0.29, 0.717) is 17.6 Å². The van der Waals surface area contributed by atoms with Crippen LogP contribution >= 0.6 is 15.9 Å². The minimum atomic E-state index is -0.797. The Morgan fingerprint density at radius 3 is 2.53 bits per heavy atom. The van der Waals surface area contributed by atoms with Crippen LogP contribution in [0.25, 0.3) is 0 Å². The SMILES string of the molecule is C[C@@H]1CN(c2cc(Br)cc([N+](=O)[O-])c2F)C[C@H](C)O1. The van der Waals surface area contributed by atoms with Crippen molar-refractivity contribution >= 4 is 27.3 Å². The largest absolute Gasteiger partial charge is 0.372 e. The summed E-state index contributed by atoms with van der Waals surface area (Å²) in [7, 11) is 0. The van der Waals surface area contributed by atoms with E-state index in [1.54, 1.807) is 11.0 Å². The zero-order valence-electron chi connectivity index (χ0n) is 10.6. The van der Waals surface area contributed by atoms with Crippen LogP contribution in [0, 0.1) is 15.9 Å². The fraction of sp³-hybridized carbons (Fsp3) is 0.500. The molecule has 1 saturated heterocycles. The Balaban J connectivity index is 2.41. The molecule has 7 heteroatoms. The first-order chi connectivity index (χ1) is 8.88. The summed E-state index contributed by atoms with van der Waals surface area (Å²) in [6.45, 7) is 4.81. The predicted octanol–water partition coefficient (Wildman–Crippen LogP) is 3.11. The maximum absolute atomic E-state index is 14.2. The summed E-state index contributed by atoms with van der Waals surface area (Å²) >= 11 is 3.18. The smallest absolute Gasteiger partial charge is 0.308 e. The second-order valence-electron chi connectivity index (χ2n) is 4.68. The molecule has 1 aromatic carbocycles. The zero-order chi connectivity index (χ0) is 14.2. The lowest BCUT2D eigenvalue weighted by Gasteiger charge is -2.36. The first-order valence-corrected chi connectivity index (χ1v) is 6.71. The number of nitrogens with zero attached hydrogens (tertiary/aromatic N) is 2. The van der Waals surface area contributed by atoms with Crippen LogP contribution in [0.15, 0.2) is 16.6 Å². The second kappa shape index (κ2) is 5.42. The molecule has 104 valence electrons. The Labute approximate surface area is 118 Å². The number of morpholine rings is 1. The number of halogens is 2. The molecule has 0 saturated carbocycles. The van der Waals surface area contributed by atoms with E-state index in [1.807, 2.05) is 13.8 Å². The molecule has 1 fully saturated rings. The zero-order valence-corrected chi connectivity index (χ0v) is 12.2. The average molecular weight is 333 g/mol. The van der Waals surface area contributed by atoms with Gasteiger partial charge in [0.25, 0.3) is 0 Å². The molecule has 0 aromatic heterocycles. The summed E-state index contributed by atoms with van der Waals surface area (Å²) in [6.07, 6.45) is -0.0811. The molecule has 0 spiro atoms. The number of ether oxygens (including phenoxy) is 1. The molecular formula is C12H14BrFN2O3. The van der Waals surface area contributed by atoms with Crippen molar-refractivity contribution in [1.82, 2.24) is 0 Å². The molecule has 5 nitrogen and oxygen atoms in total. The topological polar surface area (TPSA) is 55.6 Å². The summed E-state index contributed by atoms with van der Waals surface area (Å²) in [5.41, 5.74) is -0.278. The standard InChI is InChI=1S/C12H14BrFN2O3/c1-7-5-15(6-8(2)19-7)10-3-9(13)4-11(12(10)14)16(17)18/h3-4,7-8H,5-6H2,1-2H3/t7-,8+. The lowest BCUT2D eigenvalue weighted by Crippen LogP contribution is -2.45. The van der Waals surface area contributed by atoms with Gasteiger partial charge in [-0.05, 0) is 19.9 Å². The van der Waals surface area contributed by atoms with Crippen molar-refractivity contribution in [2.45, 2.75) is 26.1 Å². The van der Waals surface area contributed by atoms with Crippen molar-refractivity contribution in [3.8, 4) is 0 Å². The van der Waals surface area contributed by atoms with Crippen LogP contribution in [0.5, 0.6) is 0 Å². The number of anilines is 1. The molecular weight excluding hydrogens is 319 g/mol. The van der Waals surface area contributed by atoms with E-state index in [4.69, 9.17) is 4.74 Å². The van der Waals surface area contributed by atoms with Crippen LogP contribution in [0.3, 0.4) is 0 Å². The predicted molar refractivity (Wildman–Crippen MR) is 73.0 cm³/mol. The van der Waals surface area contributed by atoms with E-state index < -0.39 is 16.4 Å². The van der Waals surface area contributed by atoms with Gasteiger partial charge in [-0.15, -0.1) is 0 Å². The van der Waals surface area contributed by atoms with Gasteiger partial charge in [-0.2, -0.15) is 4.39 Å². The fourth-order valence-corrected chi connectivity index (χ4v) is 2.73. The Hall–Kier alpha value is -1.21. The minimum absolute atomic E-state index is 0.0406. The van der Waals surface area contributed by atoms with Crippen molar-refractivity contribution in [2.24, 2.45) is 0 Å². The summed E-state index contributed by atoms with van der Waals surface area (Å²) < 4.78 is 20.3. The lowest BCUT2D eigenvalue weighted by atomic mass is 10.2. The first-order valence-electron chi connectivity index (χ1n) is 5.92. The third kappa shape index (κ3) is 3.03. The van der Waals surface area contributed by atoms with Crippen molar-refractivity contribution < 1.29 is 14.1 Å². The van der Waals surface area contributed by atoms with E-state index >= 15 is 0 Å². The van der Waals surface area contributed by atoms with E-state index in [-0.39, 0.29) is 17.9 Å². The molecule has 1 heterocycles. The summed E-state index contributed by atoms with van der Waals surface area (Å²) in [4.78, 5) is 11.9. The number of nitro groups is 1. The molecule has 0 N–H and O–H groups in total. The van der Waals surface area contributed by atoms with Gasteiger partial charge >= 0.3 is 5.69 Å². The number of rotatable bonds is 2. The highest BCUT2D eigenvalue weighted by Crippen LogP contribution is 2.33. The fourth-order valence-electron chi connectivity index (χ4n) is 2.30.